The van der Waals surface area contributed by atoms with E-state index in [2.05, 4.69) is 6.58 Å². The monoisotopic (exact) mass is 228 g/mol. The number of allylic oxidation sites excluding steroid dienone is 2. The van der Waals surface area contributed by atoms with Gasteiger partial charge in [0.2, 0.25) is 6.79 Å². The van der Waals surface area contributed by atoms with Crippen LogP contribution in [0.15, 0.2) is 35.9 Å². The molecule has 1 aromatic carbocycles. The lowest BCUT2D eigenvalue weighted by Gasteiger charge is -1.99. The van der Waals surface area contributed by atoms with Gasteiger partial charge in [0, 0.05) is 5.57 Å². The normalized spacial score (nSPS) is 20.4. The van der Waals surface area contributed by atoms with Crippen LogP contribution in [0.4, 0.5) is 0 Å². The predicted octanol–water partition coefficient (Wildman–Crippen LogP) is 2.72. The largest absolute Gasteiger partial charge is 0.454 e. The molecule has 0 unspecified atom stereocenters. The van der Waals surface area contributed by atoms with Crippen molar-refractivity contribution in [2.24, 2.45) is 0 Å². The Bertz CT molecular complexity index is 540. The number of hydrogen-bond donors (Lipinski definition) is 0. The first-order chi connectivity index (χ1) is 8.24. The van der Waals surface area contributed by atoms with E-state index >= 15 is 0 Å². The highest BCUT2D eigenvalue weighted by Crippen LogP contribution is 2.34. The summed E-state index contributed by atoms with van der Waals surface area (Å²) in [6, 6.07) is 5.68. The number of benzene rings is 1. The lowest BCUT2D eigenvalue weighted by Crippen LogP contribution is -1.93. The molecule has 0 N–H and O–H groups in total. The second kappa shape index (κ2) is 3.77. The zero-order valence-electron chi connectivity index (χ0n) is 9.36. The van der Waals surface area contributed by atoms with Crippen LogP contribution in [0.3, 0.4) is 0 Å². The standard InChI is InChI=1S/C14H12O3/c1-9-2-4-11(14(9)15)6-10-3-5-12-13(7-10)17-8-16-12/h3,5-7H,1-2,4,8H2/b11-6-. The molecule has 0 amide bonds. The van der Waals surface area contributed by atoms with E-state index in [0.29, 0.717) is 5.57 Å². The van der Waals surface area contributed by atoms with Crippen molar-refractivity contribution >= 4 is 11.9 Å². The molecule has 3 rings (SSSR count). The van der Waals surface area contributed by atoms with Gasteiger partial charge in [0.25, 0.3) is 0 Å². The maximum Gasteiger partial charge on any atom is 0.231 e. The molecule has 0 saturated heterocycles. The van der Waals surface area contributed by atoms with E-state index in [0.717, 1.165) is 35.5 Å². The number of hydrogen-bond acceptors (Lipinski definition) is 3. The molecule has 17 heavy (non-hydrogen) atoms. The van der Waals surface area contributed by atoms with Crippen LogP contribution >= 0.6 is 0 Å². The summed E-state index contributed by atoms with van der Waals surface area (Å²) in [6.45, 7) is 4.02. The first-order valence-corrected chi connectivity index (χ1v) is 5.57. The predicted molar refractivity (Wildman–Crippen MR) is 63.9 cm³/mol. The van der Waals surface area contributed by atoms with E-state index in [1.807, 2.05) is 24.3 Å². The van der Waals surface area contributed by atoms with Gasteiger partial charge >= 0.3 is 0 Å². The summed E-state index contributed by atoms with van der Waals surface area (Å²) in [4.78, 5) is 11.7. The highest BCUT2D eigenvalue weighted by Gasteiger charge is 2.21. The molecule has 0 spiro atoms. The van der Waals surface area contributed by atoms with Crippen LogP contribution < -0.4 is 9.47 Å². The lowest BCUT2D eigenvalue weighted by molar-refractivity contribution is -0.111. The molecule has 1 saturated carbocycles. The molecule has 0 atom stereocenters. The fraction of sp³-hybridized carbons (Fsp3) is 0.214. The zero-order chi connectivity index (χ0) is 11.8. The number of ether oxygens (including phenoxy) is 2. The van der Waals surface area contributed by atoms with Crippen molar-refractivity contribution in [2.45, 2.75) is 12.8 Å². The molecular formula is C14H12O3. The fourth-order valence-corrected chi connectivity index (χ4v) is 2.08. The number of rotatable bonds is 1. The van der Waals surface area contributed by atoms with Crippen molar-refractivity contribution in [3.63, 3.8) is 0 Å². The van der Waals surface area contributed by atoms with E-state index in [9.17, 15) is 4.79 Å². The van der Waals surface area contributed by atoms with Gasteiger partial charge in [0.05, 0.1) is 0 Å². The van der Waals surface area contributed by atoms with Crippen molar-refractivity contribution in [3.05, 3.63) is 41.5 Å². The molecule has 3 heteroatoms. The van der Waals surface area contributed by atoms with Gasteiger partial charge in [0.1, 0.15) is 0 Å². The molecule has 0 bridgehead atoms. The highest BCUT2D eigenvalue weighted by atomic mass is 16.7. The number of carbonyl (C=O) groups is 1. The average Bonchev–Trinajstić information content (AvgIpc) is 2.90. The van der Waals surface area contributed by atoms with Gasteiger partial charge in [-0.1, -0.05) is 12.6 Å². The summed E-state index contributed by atoms with van der Waals surface area (Å²) in [7, 11) is 0. The van der Waals surface area contributed by atoms with Crippen LogP contribution in [0.2, 0.25) is 0 Å². The molecule has 1 aromatic rings. The van der Waals surface area contributed by atoms with Gasteiger partial charge in [-0.25, -0.2) is 0 Å². The Morgan fingerprint density at radius 1 is 1.18 bits per heavy atom. The third-order valence-corrected chi connectivity index (χ3v) is 3.05. The number of fused-ring (bicyclic) bond motifs is 1. The highest BCUT2D eigenvalue weighted by molar-refractivity contribution is 6.12. The minimum atomic E-state index is 0.0858. The first kappa shape index (κ1) is 10.1. The maximum absolute atomic E-state index is 11.7. The van der Waals surface area contributed by atoms with Crippen LogP contribution in [0.25, 0.3) is 6.08 Å². The Morgan fingerprint density at radius 2 is 2.00 bits per heavy atom. The Morgan fingerprint density at radius 3 is 2.76 bits per heavy atom. The summed E-state index contributed by atoms with van der Waals surface area (Å²) in [5.74, 6) is 1.58. The van der Waals surface area contributed by atoms with Gasteiger partial charge in [-0.2, -0.15) is 0 Å². The Balaban J connectivity index is 1.93. The quantitative estimate of drug-likeness (QED) is 0.693. The number of ketones is 1. The van der Waals surface area contributed by atoms with Crippen molar-refractivity contribution in [3.8, 4) is 11.5 Å². The van der Waals surface area contributed by atoms with Gasteiger partial charge in [0.15, 0.2) is 17.3 Å². The zero-order valence-corrected chi connectivity index (χ0v) is 9.36. The molecular weight excluding hydrogens is 216 g/mol. The number of carbonyl (C=O) groups excluding carboxylic acids is 1. The SMILES string of the molecule is C=C1CC/C(=C/c2ccc3c(c2)OCO3)C1=O. The minimum Gasteiger partial charge on any atom is -0.454 e. The Hall–Kier alpha value is -2.03. The van der Waals surface area contributed by atoms with Crippen LogP contribution in [0.5, 0.6) is 11.5 Å². The summed E-state index contributed by atoms with van der Waals surface area (Å²) >= 11 is 0. The topological polar surface area (TPSA) is 35.5 Å². The van der Waals surface area contributed by atoms with Crippen LogP contribution in [-0.2, 0) is 4.79 Å². The van der Waals surface area contributed by atoms with E-state index < -0.39 is 0 Å². The second-order valence-electron chi connectivity index (χ2n) is 4.21. The van der Waals surface area contributed by atoms with Crippen molar-refractivity contribution in [1.29, 1.82) is 0 Å². The first-order valence-electron chi connectivity index (χ1n) is 5.57. The van der Waals surface area contributed by atoms with Gasteiger partial charge in [-0.15, -0.1) is 0 Å². The second-order valence-corrected chi connectivity index (χ2v) is 4.21. The summed E-state index contributed by atoms with van der Waals surface area (Å²) < 4.78 is 10.5. The molecule has 2 aliphatic rings. The van der Waals surface area contributed by atoms with Gasteiger partial charge in [-0.3, -0.25) is 4.79 Å². The van der Waals surface area contributed by atoms with E-state index in [-0.39, 0.29) is 12.6 Å². The maximum atomic E-state index is 11.7. The molecule has 1 fully saturated rings. The molecule has 3 nitrogen and oxygen atoms in total. The van der Waals surface area contributed by atoms with Crippen LogP contribution in [0.1, 0.15) is 18.4 Å². The average molecular weight is 228 g/mol. The fourth-order valence-electron chi connectivity index (χ4n) is 2.08. The third-order valence-electron chi connectivity index (χ3n) is 3.05. The number of Topliss-reactive ketones (excluding diaryl/α,β-unsaturated/α-hetero) is 1. The summed E-state index contributed by atoms with van der Waals surface area (Å²) in [6.07, 6.45) is 3.46. The molecule has 0 radical (unpaired) electrons. The van der Waals surface area contributed by atoms with E-state index in [4.69, 9.17) is 9.47 Å². The molecule has 86 valence electrons. The Labute approximate surface area is 99.3 Å². The van der Waals surface area contributed by atoms with Crippen molar-refractivity contribution < 1.29 is 14.3 Å². The summed E-state index contributed by atoms with van der Waals surface area (Å²) in [5, 5.41) is 0. The van der Waals surface area contributed by atoms with Crippen LogP contribution in [-0.4, -0.2) is 12.6 Å². The van der Waals surface area contributed by atoms with Crippen molar-refractivity contribution in [2.75, 3.05) is 6.79 Å². The molecule has 1 aliphatic heterocycles. The molecule has 1 heterocycles. The molecule has 0 aromatic heterocycles. The van der Waals surface area contributed by atoms with E-state index in [1.165, 1.54) is 0 Å². The minimum absolute atomic E-state index is 0.0858. The summed E-state index contributed by atoms with van der Waals surface area (Å²) in [5.41, 5.74) is 2.50. The molecule has 1 aliphatic carbocycles. The van der Waals surface area contributed by atoms with Crippen molar-refractivity contribution in [1.82, 2.24) is 0 Å². The third kappa shape index (κ3) is 1.73. The van der Waals surface area contributed by atoms with Crippen LogP contribution in [0, 0.1) is 0 Å². The van der Waals surface area contributed by atoms with Gasteiger partial charge in [-0.05, 0) is 42.2 Å². The lowest BCUT2D eigenvalue weighted by atomic mass is 10.1. The smallest absolute Gasteiger partial charge is 0.231 e. The van der Waals surface area contributed by atoms with Gasteiger partial charge < -0.3 is 9.47 Å². The van der Waals surface area contributed by atoms with E-state index in [1.54, 1.807) is 0 Å². The Kier molecular flexibility index (Phi) is 2.25.